The number of terminal acetylenes is 1. The van der Waals surface area contributed by atoms with Crippen molar-refractivity contribution in [1.29, 1.82) is 0 Å². The molecule has 2 unspecified atom stereocenters. The van der Waals surface area contributed by atoms with E-state index in [1.165, 1.54) is 16.8 Å². The molecule has 0 saturated heterocycles. The minimum atomic E-state index is -0.0256. The monoisotopic (exact) mass is 248 g/mol. The van der Waals surface area contributed by atoms with Gasteiger partial charge in [-0.2, -0.15) is 0 Å². The van der Waals surface area contributed by atoms with Crippen LogP contribution in [0.3, 0.4) is 0 Å². The molecule has 19 heavy (non-hydrogen) atoms. The Morgan fingerprint density at radius 3 is 2.63 bits per heavy atom. The second kappa shape index (κ2) is 6.02. The molecule has 0 amide bonds. The fourth-order valence-electron chi connectivity index (χ4n) is 2.38. The Hall–Kier alpha value is -2.33. The molecule has 0 N–H and O–H groups in total. The molecule has 2 aromatic rings. The van der Waals surface area contributed by atoms with Crippen LogP contribution in [0.4, 0.5) is 0 Å². The number of benzene rings is 2. The lowest BCUT2D eigenvalue weighted by Gasteiger charge is -2.18. The lowest BCUT2D eigenvalue weighted by atomic mass is 9.85. The second-order valence-corrected chi connectivity index (χ2v) is 4.59. The highest BCUT2D eigenvalue weighted by molar-refractivity contribution is 5.86. The van der Waals surface area contributed by atoms with Crippen LogP contribution in [0.1, 0.15) is 18.4 Å². The lowest BCUT2D eigenvalue weighted by Crippen LogP contribution is -2.06. The standard InChI is InChI=1S/C18H16O/c1-3-16(14(2)8-7-13-19)18-12-6-10-15-9-4-5-11-17(15)18/h1,4-14,16H,2H3/b8-7+. The van der Waals surface area contributed by atoms with Crippen LogP contribution in [0.25, 0.3) is 10.8 Å². The fraction of sp³-hybridized carbons (Fsp3) is 0.167. The van der Waals surface area contributed by atoms with Crippen LogP contribution in [0, 0.1) is 18.3 Å². The molecule has 0 heterocycles. The van der Waals surface area contributed by atoms with Gasteiger partial charge in [-0.05, 0) is 28.3 Å². The third-order valence-electron chi connectivity index (χ3n) is 3.36. The van der Waals surface area contributed by atoms with Gasteiger partial charge in [0.15, 0.2) is 0 Å². The van der Waals surface area contributed by atoms with E-state index in [2.05, 4.69) is 30.2 Å². The SMILES string of the molecule is C#CC(c1cccc2ccccc12)C(C)/C=C/C=O. The summed E-state index contributed by atoms with van der Waals surface area (Å²) < 4.78 is 0. The molecule has 94 valence electrons. The first-order valence-electron chi connectivity index (χ1n) is 6.33. The second-order valence-electron chi connectivity index (χ2n) is 4.59. The van der Waals surface area contributed by atoms with Crippen molar-refractivity contribution >= 4 is 17.1 Å². The topological polar surface area (TPSA) is 17.1 Å². The summed E-state index contributed by atoms with van der Waals surface area (Å²) in [7, 11) is 0. The number of allylic oxidation sites excluding steroid dienone is 2. The Labute approximate surface area is 114 Å². The molecule has 1 heteroatoms. The Morgan fingerprint density at radius 1 is 1.16 bits per heavy atom. The third kappa shape index (κ3) is 2.74. The third-order valence-corrected chi connectivity index (χ3v) is 3.36. The van der Waals surface area contributed by atoms with Crippen LogP contribution in [-0.4, -0.2) is 6.29 Å². The number of carbonyl (C=O) groups is 1. The number of carbonyl (C=O) groups excluding carboxylic acids is 1. The molecule has 0 bridgehead atoms. The van der Waals surface area contributed by atoms with E-state index < -0.39 is 0 Å². The average Bonchev–Trinajstić information content (AvgIpc) is 2.46. The summed E-state index contributed by atoms with van der Waals surface area (Å²) in [6, 6.07) is 14.4. The first-order valence-corrected chi connectivity index (χ1v) is 6.33. The van der Waals surface area contributed by atoms with Gasteiger partial charge in [0.2, 0.25) is 0 Å². The molecule has 0 spiro atoms. The van der Waals surface area contributed by atoms with E-state index in [0.717, 1.165) is 11.8 Å². The molecular weight excluding hydrogens is 232 g/mol. The molecule has 0 saturated carbocycles. The van der Waals surface area contributed by atoms with Gasteiger partial charge in [0.05, 0.1) is 5.92 Å². The van der Waals surface area contributed by atoms with E-state index in [-0.39, 0.29) is 11.8 Å². The molecule has 0 aliphatic carbocycles. The van der Waals surface area contributed by atoms with Crippen molar-refractivity contribution in [2.45, 2.75) is 12.8 Å². The van der Waals surface area contributed by atoms with Crippen LogP contribution in [-0.2, 0) is 4.79 Å². The van der Waals surface area contributed by atoms with Gasteiger partial charge in [0, 0.05) is 0 Å². The summed E-state index contributed by atoms with van der Waals surface area (Å²) in [6.07, 6.45) is 9.86. The van der Waals surface area contributed by atoms with E-state index in [1.54, 1.807) is 0 Å². The fourth-order valence-corrected chi connectivity index (χ4v) is 2.38. The molecular formula is C18H16O. The van der Waals surface area contributed by atoms with Crippen LogP contribution >= 0.6 is 0 Å². The normalized spacial score (nSPS) is 14.1. The zero-order valence-corrected chi connectivity index (χ0v) is 10.9. The number of rotatable bonds is 4. The molecule has 0 aliphatic rings. The van der Waals surface area contributed by atoms with Crippen molar-refractivity contribution in [2.24, 2.45) is 5.92 Å². The molecule has 0 radical (unpaired) electrons. The number of aldehydes is 1. The molecule has 2 rings (SSSR count). The maximum Gasteiger partial charge on any atom is 0.142 e. The first-order chi connectivity index (χ1) is 9.27. The van der Waals surface area contributed by atoms with Crippen molar-refractivity contribution < 1.29 is 4.79 Å². The maximum absolute atomic E-state index is 10.4. The molecule has 2 atom stereocenters. The van der Waals surface area contributed by atoms with Gasteiger partial charge in [-0.25, -0.2) is 0 Å². The van der Waals surface area contributed by atoms with Crippen molar-refractivity contribution in [3.8, 4) is 12.3 Å². The Kier molecular flexibility index (Phi) is 4.15. The van der Waals surface area contributed by atoms with Crippen molar-refractivity contribution in [1.82, 2.24) is 0 Å². The summed E-state index contributed by atoms with van der Waals surface area (Å²) in [5.74, 6) is 2.95. The van der Waals surface area contributed by atoms with E-state index in [0.29, 0.717) is 0 Å². The Bertz CT molecular complexity index is 641. The molecule has 0 aliphatic heterocycles. The zero-order chi connectivity index (χ0) is 13.7. The van der Waals surface area contributed by atoms with Crippen LogP contribution in [0.15, 0.2) is 54.6 Å². The Morgan fingerprint density at radius 2 is 1.89 bits per heavy atom. The van der Waals surface area contributed by atoms with E-state index in [4.69, 9.17) is 6.42 Å². The minimum absolute atomic E-state index is 0.0256. The number of fused-ring (bicyclic) bond motifs is 1. The largest absolute Gasteiger partial charge is 0.299 e. The van der Waals surface area contributed by atoms with Gasteiger partial charge in [0.25, 0.3) is 0 Å². The van der Waals surface area contributed by atoms with Crippen LogP contribution in [0.5, 0.6) is 0 Å². The van der Waals surface area contributed by atoms with Gasteiger partial charge in [0.1, 0.15) is 6.29 Å². The van der Waals surface area contributed by atoms with E-state index in [1.807, 2.05) is 31.2 Å². The summed E-state index contributed by atoms with van der Waals surface area (Å²) in [4.78, 5) is 10.4. The zero-order valence-electron chi connectivity index (χ0n) is 10.9. The summed E-state index contributed by atoms with van der Waals surface area (Å²) in [5, 5.41) is 2.37. The van der Waals surface area contributed by atoms with Crippen LogP contribution < -0.4 is 0 Å². The highest BCUT2D eigenvalue weighted by Crippen LogP contribution is 2.30. The van der Waals surface area contributed by atoms with Gasteiger partial charge < -0.3 is 0 Å². The number of hydrogen-bond donors (Lipinski definition) is 0. The lowest BCUT2D eigenvalue weighted by molar-refractivity contribution is -0.104. The maximum atomic E-state index is 10.4. The average molecular weight is 248 g/mol. The number of hydrogen-bond acceptors (Lipinski definition) is 1. The summed E-state index contributed by atoms with van der Waals surface area (Å²) in [5.41, 5.74) is 1.14. The van der Waals surface area contributed by atoms with Crippen molar-refractivity contribution in [3.63, 3.8) is 0 Å². The quantitative estimate of drug-likeness (QED) is 0.455. The first kappa shape index (κ1) is 13.1. The van der Waals surface area contributed by atoms with Gasteiger partial charge >= 0.3 is 0 Å². The van der Waals surface area contributed by atoms with Gasteiger partial charge in [-0.1, -0.05) is 61.4 Å². The predicted molar refractivity (Wildman–Crippen MR) is 79.9 cm³/mol. The molecule has 2 aromatic carbocycles. The van der Waals surface area contributed by atoms with Gasteiger partial charge in [-0.15, -0.1) is 6.42 Å². The van der Waals surface area contributed by atoms with Crippen molar-refractivity contribution in [3.05, 3.63) is 60.2 Å². The van der Waals surface area contributed by atoms with Crippen molar-refractivity contribution in [2.75, 3.05) is 0 Å². The predicted octanol–water partition coefficient (Wildman–Crippen LogP) is 3.95. The smallest absolute Gasteiger partial charge is 0.142 e. The van der Waals surface area contributed by atoms with Gasteiger partial charge in [-0.3, -0.25) is 4.79 Å². The molecule has 1 nitrogen and oxygen atoms in total. The van der Waals surface area contributed by atoms with E-state index in [9.17, 15) is 4.79 Å². The summed E-state index contributed by atoms with van der Waals surface area (Å²) >= 11 is 0. The highest BCUT2D eigenvalue weighted by atomic mass is 16.1. The highest BCUT2D eigenvalue weighted by Gasteiger charge is 2.16. The molecule has 0 fully saturated rings. The van der Waals surface area contributed by atoms with Crippen LogP contribution in [0.2, 0.25) is 0 Å². The summed E-state index contributed by atoms with van der Waals surface area (Å²) in [6.45, 7) is 2.03. The molecule has 0 aromatic heterocycles. The minimum Gasteiger partial charge on any atom is -0.299 e. The Balaban J connectivity index is 2.50. The van der Waals surface area contributed by atoms with E-state index >= 15 is 0 Å².